The van der Waals surface area contributed by atoms with Crippen molar-refractivity contribution >= 4 is 105 Å². The van der Waals surface area contributed by atoms with Crippen LogP contribution in [0.25, 0.3) is 55.6 Å². The molecule has 0 aromatic heterocycles. The third-order valence-corrected chi connectivity index (χ3v) is 26.3. The highest BCUT2D eigenvalue weighted by atomic mass is 19.4. The van der Waals surface area contributed by atoms with E-state index in [1.54, 1.807) is 194 Å². The largest absolute Gasteiger partial charge is 0.417 e. The van der Waals surface area contributed by atoms with Gasteiger partial charge in [0.15, 0.2) is 11.6 Å². The fraction of sp³-hybridized carbons (Fsp3) is 0.165. The summed E-state index contributed by atoms with van der Waals surface area (Å²) >= 11 is 0. The highest BCUT2D eigenvalue weighted by Crippen LogP contribution is 2.52. The molecule has 0 saturated heterocycles. The lowest BCUT2D eigenvalue weighted by Crippen LogP contribution is -2.41. The smallest absolute Gasteiger partial charge is 0.388 e. The summed E-state index contributed by atoms with van der Waals surface area (Å²) in [5.74, 6) is -6.93. The number of anilines is 6. The van der Waals surface area contributed by atoms with Crippen LogP contribution in [0.1, 0.15) is 212 Å². The molecule has 20 nitrogen and oxygen atoms in total. The van der Waals surface area contributed by atoms with Gasteiger partial charge >= 0.3 is 30.9 Å². The van der Waals surface area contributed by atoms with Crippen LogP contribution >= 0.6 is 0 Å². The molecule has 764 valence electrons. The maximum Gasteiger partial charge on any atom is 0.417 e. The van der Waals surface area contributed by atoms with Crippen LogP contribution in [0.4, 0.5) is 100.0 Å². The minimum Gasteiger partial charge on any atom is -0.388 e. The van der Waals surface area contributed by atoms with Crippen molar-refractivity contribution in [3.05, 3.63) is 400 Å². The molecule has 35 heteroatoms. The molecule has 14 aromatic carbocycles. The van der Waals surface area contributed by atoms with Crippen LogP contribution in [0, 0.1) is 41.5 Å². The Hall–Kier alpha value is -17.5. The van der Waals surface area contributed by atoms with Gasteiger partial charge < -0.3 is 21.3 Å². The van der Waals surface area contributed by atoms with Crippen molar-refractivity contribution < 1.29 is 123 Å². The number of benzene rings is 14. The molecule has 0 saturated carbocycles. The predicted octanol–water partition coefficient (Wildman–Crippen LogP) is 26.9. The molecule has 1 unspecified atom stereocenters. The lowest BCUT2D eigenvalue weighted by atomic mass is 9.74. The highest BCUT2D eigenvalue weighted by molar-refractivity contribution is 6.36. The number of hydrogen-bond donors (Lipinski definition) is 4. The first-order chi connectivity index (χ1) is 70.4. The minimum absolute atomic E-state index is 0.0273. The lowest BCUT2D eigenvalue weighted by Gasteiger charge is -2.33. The van der Waals surface area contributed by atoms with Gasteiger partial charge in [-0.15, -0.1) is 0 Å². The predicted molar refractivity (Wildman–Crippen MR) is 536 cm³/mol. The number of nitrogens with one attached hydrogen (secondary N) is 4. The number of imide groups is 4. The zero-order valence-corrected chi connectivity index (χ0v) is 81.8. The van der Waals surface area contributed by atoms with Gasteiger partial charge in [-0.25, -0.2) is 9.80 Å². The molecule has 0 radical (unpaired) electrons. The second-order valence-corrected chi connectivity index (χ2v) is 36.2. The van der Waals surface area contributed by atoms with Gasteiger partial charge in [0.05, 0.1) is 78.1 Å². The third-order valence-electron chi connectivity index (χ3n) is 26.3. The van der Waals surface area contributed by atoms with E-state index in [9.17, 15) is 123 Å². The molecule has 0 spiro atoms. The molecule has 14 aromatic rings. The van der Waals surface area contributed by atoms with E-state index in [-0.39, 0.29) is 84.4 Å². The third kappa shape index (κ3) is 20.9. The van der Waals surface area contributed by atoms with Gasteiger partial charge in [-0.1, -0.05) is 132 Å². The van der Waals surface area contributed by atoms with Gasteiger partial charge in [0.25, 0.3) is 59.1 Å². The normalized spacial score (nSPS) is 13.7. The van der Waals surface area contributed by atoms with E-state index in [2.05, 4.69) is 21.3 Å². The van der Waals surface area contributed by atoms with Crippen LogP contribution in [-0.4, -0.2) is 115 Å². The SMILES string of the molecule is CNc1ccc(-c2ccc(NC(=O)c3ccc(C(C)=O)cc3)cc2C)c(C(F)(F)F)c1.CNc1ccc(-c2ccc(NC(=O)c3cccc(C(C)=O)c3)cc2C)c(C(F)(F)F)c1.Cc1ccc(-c2ccc(N3C(=O)c4ccc(-c5ccc6c(c5)C(=O)N(C)C6=O)cc4C3=O)cc2C(F)(F)F)c(C)c1.Cc1ccc(-c2ccc(N3C(=O)c4ccc(C(C)(c5ccc6c(c5)C(=O)N(C)C6=O)C(F)(F)F)cc4C3=O)cc2C(F)(F)F)c(C)c1. The van der Waals surface area contributed by atoms with Crippen molar-refractivity contribution in [3.63, 3.8) is 0 Å². The number of carbonyl (C=O) groups is 12. The van der Waals surface area contributed by atoms with Gasteiger partial charge in [0.2, 0.25) is 0 Å². The van der Waals surface area contributed by atoms with Crippen molar-refractivity contribution in [2.24, 2.45) is 0 Å². The molecule has 0 bridgehead atoms. The Morgan fingerprint density at radius 2 is 0.547 bits per heavy atom. The number of alkyl halides is 15. The maximum absolute atomic E-state index is 14.9. The molecule has 4 heterocycles. The number of carbonyl (C=O) groups excluding carboxylic acids is 12. The number of rotatable bonds is 17. The first kappa shape index (κ1) is 107. The van der Waals surface area contributed by atoms with E-state index >= 15 is 0 Å². The van der Waals surface area contributed by atoms with Crippen molar-refractivity contribution in [3.8, 4) is 55.6 Å². The van der Waals surface area contributed by atoms with Crippen molar-refractivity contribution in [1.82, 2.24) is 9.80 Å². The number of aryl methyl sites for hydroxylation is 6. The Bertz CT molecular complexity index is 8040. The van der Waals surface area contributed by atoms with E-state index in [4.69, 9.17) is 0 Å². The van der Waals surface area contributed by atoms with Crippen molar-refractivity contribution in [2.75, 3.05) is 59.3 Å². The summed E-state index contributed by atoms with van der Waals surface area (Å²) in [5.41, 5.74) is 1.74. The number of hydrogen-bond acceptors (Lipinski definition) is 14. The average Bonchev–Trinajstić information content (AvgIpc) is 1.57. The molecule has 4 N–H and O–H groups in total. The molecule has 10 amide bonds. The summed E-state index contributed by atoms with van der Waals surface area (Å²) in [4.78, 5) is 154. The van der Waals surface area contributed by atoms with Crippen LogP contribution in [0.3, 0.4) is 0 Å². The first-order valence-corrected chi connectivity index (χ1v) is 45.9. The van der Waals surface area contributed by atoms with Gasteiger partial charge in [-0.05, 0) is 297 Å². The van der Waals surface area contributed by atoms with E-state index in [1.807, 2.05) is 6.92 Å². The summed E-state index contributed by atoms with van der Waals surface area (Å²) < 4.78 is 212. The van der Waals surface area contributed by atoms with E-state index in [0.717, 1.165) is 93.4 Å². The molecule has 0 aliphatic carbocycles. The number of ketones is 2. The number of halogens is 15. The van der Waals surface area contributed by atoms with Crippen molar-refractivity contribution in [2.45, 2.75) is 98.6 Å². The van der Waals surface area contributed by atoms with E-state index < -0.39 is 134 Å². The Morgan fingerprint density at radius 3 is 0.907 bits per heavy atom. The molecule has 150 heavy (non-hydrogen) atoms. The number of fused-ring (bicyclic) bond motifs is 4. The average molecular weight is 2060 g/mol. The maximum atomic E-state index is 14.9. The van der Waals surface area contributed by atoms with Gasteiger partial charge in [0.1, 0.15) is 5.41 Å². The Morgan fingerprint density at radius 1 is 0.260 bits per heavy atom. The van der Waals surface area contributed by atoms with E-state index in [1.165, 1.54) is 82.5 Å². The molecule has 4 aliphatic heterocycles. The van der Waals surface area contributed by atoms with Gasteiger partial charge in [-0.2, -0.15) is 65.9 Å². The fourth-order valence-electron chi connectivity index (χ4n) is 18.2. The molecule has 4 aliphatic rings. The summed E-state index contributed by atoms with van der Waals surface area (Å²) in [6.07, 6.45) is -23.6. The van der Waals surface area contributed by atoms with E-state index in [0.29, 0.717) is 112 Å². The van der Waals surface area contributed by atoms with Gasteiger partial charge in [-0.3, -0.25) is 67.3 Å². The van der Waals surface area contributed by atoms with Crippen LogP contribution in [0.15, 0.2) is 267 Å². The fourth-order valence-corrected chi connectivity index (χ4v) is 18.2. The molecule has 1 atom stereocenters. The first-order valence-electron chi connectivity index (χ1n) is 45.9. The number of amides is 10. The Kier molecular flexibility index (Phi) is 29.0. The summed E-state index contributed by atoms with van der Waals surface area (Å²) in [7, 11) is 5.71. The zero-order chi connectivity index (χ0) is 109. The van der Waals surface area contributed by atoms with Crippen LogP contribution < -0.4 is 31.1 Å². The molecule has 0 fully saturated rings. The number of Topliss-reactive ketones (excluding diaryl/α,β-unsaturated/α-hetero) is 2. The minimum atomic E-state index is -5.00. The van der Waals surface area contributed by atoms with Crippen LogP contribution in [-0.2, 0) is 30.1 Å². The lowest BCUT2D eigenvalue weighted by molar-refractivity contribution is -0.173. The topological polar surface area (TPSA) is 266 Å². The zero-order valence-electron chi connectivity index (χ0n) is 81.8. The summed E-state index contributed by atoms with van der Waals surface area (Å²) in [6, 6.07) is 62.1. The Balaban J connectivity index is 0.000000152. The quantitative estimate of drug-likeness (QED) is 0.0375. The summed E-state index contributed by atoms with van der Waals surface area (Å²) in [6.45, 7) is 14.1. The second-order valence-electron chi connectivity index (χ2n) is 36.2. The second kappa shape index (κ2) is 40.7. The van der Waals surface area contributed by atoms with Crippen molar-refractivity contribution in [1.29, 1.82) is 0 Å². The van der Waals surface area contributed by atoms with Gasteiger partial charge in [0, 0.05) is 73.2 Å². The Labute approximate surface area is 847 Å². The van der Waals surface area contributed by atoms with Crippen LogP contribution in [0.5, 0.6) is 0 Å². The monoisotopic (exact) mass is 2060 g/mol. The highest BCUT2D eigenvalue weighted by Gasteiger charge is 2.56. The molecule has 18 rings (SSSR count). The summed E-state index contributed by atoms with van der Waals surface area (Å²) in [5, 5.41) is 10.9. The number of nitrogens with zero attached hydrogens (tertiary/aromatic N) is 4. The standard InChI is InChI=1S/C35H24F6N2O4.C32H21F3N2O4.2C24H21F3N2O2/c1-17-5-9-22(18(2)13-17)23-12-8-21(16-28(23)34(36,37)38)43-31(46)25-11-7-20(15-27(25)32(43)47)33(3,35(39,40)41)19-6-10-24-26(14-19)30(45)42(4)29(24)44;1-16-4-8-21(17(2)12-16)22-11-7-20(15-27(22)32(33,34)35)37-30(40)24-10-6-19(14-26(24)31(37)41)18-5-9-23-25(13-18)29(39)36(3)28(23)38;1-14-12-19(29-23(31)17-6-4-16(5-7-17)15(2)30)9-10-20(14)21-11-8-18(28-3)13-22(21)24(25,26)27;1-14-11-19(29-23(31)17-6-4-5-16(12-17)15(2)30)8-9-20(14)21-10-7-18(28-3)13-22(21)24(25,26)27/h5-16H,1-4H3;4-15H,1-3H3;2*4-13,28H,1-3H3,(H,29,31). The van der Waals surface area contributed by atoms with Crippen LogP contribution in [0.2, 0.25) is 0 Å². The molecular weight excluding hydrogens is 1970 g/mol. The molecular formula is C115H87F15N8O12.